The smallest absolute Gasteiger partial charge is 0.134 e. The average Bonchev–Trinajstić information content (AvgIpc) is 2.08. The van der Waals surface area contributed by atoms with Crippen molar-refractivity contribution in [3.8, 4) is 5.75 Å². The molecule has 4 N–H and O–H groups in total. The summed E-state index contributed by atoms with van der Waals surface area (Å²) in [4.78, 5) is 0. The highest BCUT2D eigenvalue weighted by Crippen LogP contribution is 2.29. The number of hydrogen-bond acceptors (Lipinski definition) is 3. The number of halogens is 1. The molecule has 1 unspecified atom stereocenters. The molecule has 1 rings (SSSR count). The van der Waals surface area contributed by atoms with E-state index in [2.05, 4.69) is 0 Å². The van der Waals surface area contributed by atoms with Crippen molar-refractivity contribution in [3.63, 3.8) is 0 Å². The summed E-state index contributed by atoms with van der Waals surface area (Å²) in [6.45, 7) is -0.191. The van der Waals surface area contributed by atoms with Gasteiger partial charge in [-0.25, -0.2) is 0 Å². The lowest BCUT2D eigenvalue weighted by Gasteiger charge is -2.10. The minimum atomic E-state index is -0.537. The van der Waals surface area contributed by atoms with E-state index in [1.54, 1.807) is 12.1 Å². The lowest BCUT2D eigenvalue weighted by atomic mass is 10.1. The molecule has 0 fully saturated rings. The number of aliphatic hydroxyl groups excluding tert-OH is 1. The van der Waals surface area contributed by atoms with Gasteiger partial charge in [0.05, 0.1) is 17.7 Å². The first-order chi connectivity index (χ1) is 5.66. The van der Waals surface area contributed by atoms with E-state index >= 15 is 0 Å². The zero-order valence-corrected chi connectivity index (χ0v) is 7.12. The van der Waals surface area contributed by atoms with Gasteiger partial charge in [-0.05, 0) is 11.6 Å². The summed E-state index contributed by atoms with van der Waals surface area (Å²) in [6, 6.07) is 4.23. The van der Waals surface area contributed by atoms with Gasteiger partial charge in [-0.1, -0.05) is 23.7 Å². The predicted molar refractivity (Wildman–Crippen MR) is 47.1 cm³/mol. The molecule has 1 atom stereocenters. The van der Waals surface area contributed by atoms with E-state index in [4.69, 9.17) is 22.4 Å². The Kier molecular flexibility index (Phi) is 2.92. The van der Waals surface area contributed by atoms with Gasteiger partial charge in [0.15, 0.2) is 0 Å². The Balaban J connectivity index is 3.07. The first-order valence-electron chi connectivity index (χ1n) is 3.50. The number of aliphatic hydroxyl groups is 1. The molecule has 0 saturated carbocycles. The average molecular weight is 188 g/mol. The van der Waals surface area contributed by atoms with E-state index in [0.717, 1.165) is 0 Å². The van der Waals surface area contributed by atoms with Gasteiger partial charge in [-0.2, -0.15) is 0 Å². The van der Waals surface area contributed by atoms with Crippen molar-refractivity contribution in [2.24, 2.45) is 5.73 Å². The van der Waals surface area contributed by atoms with Gasteiger partial charge in [0, 0.05) is 0 Å². The van der Waals surface area contributed by atoms with Crippen molar-refractivity contribution in [2.75, 3.05) is 6.61 Å². The molecule has 1 aromatic rings. The van der Waals surface area contributed by atoms with Gasteiger partial charge >= 0.3 is 0 Å². The van der Waals surface area contributed by atoms with Crippen LogP contribution in [0.5, 0.6) is 5.75 Å². The topological polar surface area (TPSA) is 66.5 Å². The Labute approximate surface area is 75.4 Å². The van der Waals surface area contributed by atoms with Crippen LogP contribution in [0, 0.1) is 0 Å². The second-order valence-electron chi connectivity index (χ2n) is 2.47. The summed E-state index contributed by atoms with van der Waals surface area (Å²) in [5, 5.41) is 18.1. The Morgan fingerprint density at radius 3 is 2.75 bits per heavy atom. The molecule has 0 aliphatic rings. The van der Waals surface area contributed by atoms with E-state index < -0.39 is 6.04 Å². The SMILES string of the molecule is NC(CO)c1cccc(O)c1Cl. The largest absolute Gasteiger partial charge is 0.506 e. The number of rotatable bonds is 2. The molecule has 0 bridgehead atoms. The summed E-state index contributed by atoms with van der Waals surface area (Å²) in [7, 11) is 0. The summed E-state index contributed by atoms with van der Waals surface area (Å²) < 4.78 is 0. The van der Waals surface area contributed by atoms with Crippen molar-refractivity contribution < 1.29 is 10.2 Å². The number of hydrogen-bond donors (Lipinski definition) is 3. The molecule has 0 aliphatic carbocycles. The number of aromatic hydroxyl groups is 1. The van der Waals surface area contributed by atoms with E-state index in [-0.39, 0.29) is 17.4 Å². The van der Waals surface area contributed by atoms with Gasteiger partial charge in [0.2, 0.25) is 0 Å². The summed E-state index contributed by atoms with van der Waals surface area (Å²) >= 11 is 5.73. The molecule has 0 spiro atoms. The maximum atomic E-state index is 9.18. The van der Waals surface area contributed by atoms with Crippen molar-refractivity contribution in [3.05, 3.63) is 28.8 Å². The van der Waals surface area contributed by atoms with E-state index in [9.17, 15) is 5.11 Å². The van der Waals surface area contributed by atoms with Crippen LogP contribution < -0.4 is 5.73 Å². The normalized spacial score (nSPS) is 12.9. The Morgan fingerprint density at radius 2 is 2.17 bits per heavy atom. The molecule has 0 saturated heterocycles. The van der Waals surface area contributed by atoms with Crippen LogP contribution in [0.4, 0.5) is 0 Å². The number of benzene rings is 1. The minimum absolute atomic E-state index is 0.0157. The van der Waals surface area contributed by atoms with Crippen LogP contribution in [0.2, 0.25) is 5.02 Å². The molecule has 0 amide bonds. The van der Waals surface area contributed by atoms with E-state index in [0.29, 0.717) is 5.56 Å². The van der Waals surface area contributed by atoms with Crippen LogP contribution in [-0.4, -0.2) is 16.8 Å². The first-order valence-corrected chi connectivity index (χ1v) is 3.88. The first kappa shape index (κ1) is 9.32. The third-order valence-electron chi connectivity index (χ3n) is 1.60. The van der Waals surface area contributed by atoms with Crippen LogP contribution in [0.15, 0.2) is 18.2 Å². The molecule has 12 heavy (non-hydrogen) atoms. The number of phenolic OH excluding ortho intramolecular Hbond substituents is 1. The summed E-state index contributed by atoms with van der Waals surface area (Å²) in [6.07, 6.45) is 0. The summed E-state index contributed by atoms with van der Waals surface area (Å²) in [5.74, 6) is -0.0157. The maximum Gasteiger partial charge on any atom is 0.134 e. The lowest BCUT2D eigenvalue weighted by molar-refractivity contribution is 0.268. The predicted octanol–water partition coefficient (Wildman–Crippen LogP) is 1.04. The zero-order valence-electron chi connectivity index (χ0n) is 6.37. The fraction of sp³-hybridized carbons (Fsp3) is 0.250. The lowest BCUT2D eigenvalue weighted by Crippen LogP contribution is -2.14. The highest BCUT2D eigenvalue weighted by molar-refractivity contribution is 6.32. The van der Waals surface area contributed by atoms with Crippen molar-refractivity contribution in [2.45, 2.75) is 6.04 Å². The highest BCUT2D eigenvalue weighted by atomic mass is 35.5. The summed E-state index contributed by atoms with van der Waals surface area (Å²) in [5.41, 5.74) is 6.07. The minimum Gasteiger partial charge on any atom is -0.506 e. The third-order valence-corrected chi connectivity index (χ3v) is 2.02. The molecule has 66 valence electrons. The van der Waals surface area contributed by atoms with Crippen LogP contribution in [0.25, 0.3) is 0 Å². The van der Waals surface area contributed by atoms with Crippen LogP contribution in [0.1, 0.15) is 11.6 Å². The van der Waals surface area contributed by atoms with Gasteiger partial charge in [0.25, 0.3) is 0 Å². The van der Waals surface area contributed by atoms with Gasteiger partial charge in [-0.15, -0.1) is 0 Å². The van der Waals surface area contributed by atoms with E-state index in [1.807, 2.05) is 0 Å². The molecule has 4 heteroatoms. The van der Waals surface area contributed by atoms with Gasteiger partial charge < -0.3 is 15.9 Å². The number of nitrogens with two attached hydrogens (primary N) is 1. The molecule has 1 aromatic carbocycles. The molecule has 0 radical (unpaired) electrons. The van der Waals surface area contributed by atoms with Crippen LogP contribution in [-0.2, 0) is 0 Å². The van der Waals surface area contributed by atoms with Crippen LogP contribution >= 0.6 is 11.6 Å². The van der Waals surface area contributed by atoms with Crippen molar-refractivity contribution in [1.29, 1.82) is 0 Å². The molecule has 0 aromatic heterocycles. The number of phenols is 1. The quantitative estimate of drug-likeness (QED) is 0.648. The fourth-order valence-corrected chi connectivity index (χ4v) is 1.19. The Hall–Kier alpha value is -0.770. The monoisotopic (exact) mass is 187 g/mol. The van der Waals surface area contributed by atoms with Gasteiger partial charge in [0.1, 0.15) is 5.75 Å². The molecule has 0 aliphatic heterocycles. The Morgan fingerprint density at radius 1 is 1.50 bits per heavy atom. The fourth-order valence-electron chi connectivity index (χ4n) is 0.922. The molecular weight excluding hydrogens is 178 g/mol. The molecular formula is C8H10ClNO2. The maximum absolute atomic E-state index is 9.18. The molecule has 3 nitrogen and oxygen atoms in total. The Bertz CT molecular complexity index is 278. The molecule has 0 heterocycles. The highest BCUT2D eigenvalue weighted by Gasteiger charge is 2.10. The van der Waals surface area contributed by atoms with E-state index in [1.165, 1.54) is 6.07 Å². The third kappa shape index (κ3) is 1.69. The second-order valence-corrected chi connectivity index (χ2v) is 2.85. The standard InChI is InChI=1S/C8H10ClNO2/c9-8-5(6(10)4-11)2-1-3-7(8)12/h1-3,6,11-12H,4,10H2. The van der Waals surface area contributed by atoms with Crippen molar-refractivity contribution in [1.82, 2.24) is 0 Å². The van der Waals surface area contributed by atoms with Gasteiger partial charge in [-0.3, -0.25) is 0 Å². The second kappa shape index (κ2) is 3.76. The van der Waals surface area contributed by atoms with Crippen LogP contribution in [0.3, 0.4) is 0 Å². The van der Waals surface area contributed by atoms with Crippen molar-refractivity contribution >= 4 is 11.6 Å². The zero-order chi connectivity index (χ0) is 9.14.